The van der Waals surface area contributed by atoms with Crippen molar-refractivity contribution in [2.75, 3.05) is 11.9 Å². The monoisotopic (exact) mass is 403 g/mol. The Morgan fingerprint density at radius 3 is 2.62 bits per heavy atom. The Bertz CT molecular complexity index is 1160. The maximum Gasteiger partial charge on any atom is 0.331 e. The number of fused-ring (bicyclic) bond motifs is 1. The smallest absolute Gasteiger partial charge is 0.331 e. The van der Waals surface area contributed by atoms with Crippen LogP contribution in [0.3, 0.4) is 0 Å². The van der Waals surface area contributed by atoms with Crippen LogP contribution in [0, 0.1) is 23.0 Å². The standard InChI is InChI=1S/C18H15F2N5O4/c19-12-4-3-10(6-13(12)20)23-15(26)8-22-16(27)9-25-17(28)11(7-21)14-2-1-5-24(14)18(25)29/h3-4,6H,1-2,5,8-9H2,(H,22,27)(H,23,26). The number of anilines is 1. The minimum absolute atomic E-state index is 0.00472. The maximum absolute atomic E-state index is 13.1. The Kier molecular flexibility index (Phi) is 5.54. The van der Waals surface area contributed by atoms with Crippen molar-refractivity contribution in [3.63, 3.8) is 0 Å². The third-order valence-electron chi connectivity index (χ3n) is 4.39. The fourth-order valence-electron chi connectivity index (χ4n) is 3.05. The van der Waals surface area contributed by atoms with E-state index in [1.807, 2.05) is 0 Å². The van der Waals surface area contributed by atoms with Gasteiger partial charge in [0.1, 0.15) is 18.2 Å². The number of amides is 2. The summed E-state index contributed by atoms with van der Waals surface area (Å²) in [5.41, 5.74) is -1.36. The second-order valence-corrected chi connectivity index (χ2v) is 6.32. The van der Waals surface area contributed by atoms with Crippen molar-refractivity contribution in [2.45, 2.75) is 25.9 Å². The summed E-state index contributed by atoms with van der Waals surface area (Å²) in [6.07, 6.45) is 1.05. The van der Waals surface area contributed by atoms with E-state index in [4.69, 9.17) is 0 Å². The fourth-order valence-corrected chi connectivity index (χ4v) is 3.05. The Labute approximate surface area is 162 Å². The van der Waals surface area contributed by atoms with Crippen molar-refractivity contribution in [2.24, 2.45) is 0 Å². The first-order valence-electron chi connectivity index (χ1n) is 8.60. The first-order chi connectivity index (χ1) is 13.8. The van der Waals surface area contributed by atoms with Crippen LogP contribution in [0.5, 0.6) is 0 Å². The van der Waals surface area contributed by atoms with E-state index in [0.717, 1.165) is 18.2 Å². The third kappa shape index (κ3) is 4.06. The van der Waals surface area contributed by atoms with Gasteiger partial charge in [0.15, 0.2) is 11.6 Å². The van der Waals surface area contributed by atoms with Crippen LogP contribution in [0.15, 0.2) is 27.8 Å². The molecule has 0 bridgehead atoms. The van der Waals surface area contributed by atoms with Crippen LogP contribution < -0.4 is 21.9 Å². The van der Waals surface area contributed by atoms with Gasteiger partial charge in [0.05, 0.1) is 6.54 Å². The number of aromatic nitrogens is 2. The van der Waals surface area contributed by atoms with Gasteiger partial charge in [-0.1, -0.05) is 0 Å². The summed E-state index contributed by atoms with van der Waals surface area (Å²) in [5, 5.41) is 13.7. The number of rotatable bonds is 5. The molecule has 0 saturated heterocycles. The number of benzene rings is 1. The molecule has 2 N–H and O–H groups in total. The van der Waals surface area contributed by atoms with Crippen LogP contribution >= 0.6 is 0 Å². The van der Waals surface area contributed by atoms with Crippen molar-refractivity contribution in [3.8, 4) is 6.07 Å². The summed E-state index contributed by atoms with van der Waals surface area (Å²) in [4.78, 5) is 48.7. The first kappa shape index (κ1) is 19.9. The second kappa shape index (κ2) is 8.05. The van der Waals surface area contributed by atoms with Gasteiger partial charge in [-0.05, 0) is 25.0 Å². The van der Waals surface area contributed by atoms with E-state index in [2.05, 4.69) is 10.6 Å². The summed E-state index contributed by atoms with van der Waals surface area (Å²) in [5.74, 6) is -3.73. The minimum Gasteiger partial charge on any atom is -0.345 e. The normalized spacial score (nSPS) is 12.2. The summed E-state index contributed by atoms with van der Waals surface area (Å²) in [6, 6.07) is 4.54. The van der Waals surface area contributed by atoms with Crippen LogP contribution in [-0.2, 0) is 29.1 Å². The number of hydrogen-bond acceptors (Lipinski definition) is 5. The molecule has 11 heteroatoms. The summed E-state index contributed by atoms with van der Waals surface area (Å²) >= 11 is 0. The molecule has 0 unspecified atom stereocenters. The molecule has 150 valence electrons. The SMILES string of the molecule is N#Cc1c2n(c(=O)n(CC(=O)NCC(=O)Nc3ccc(F)c(F)c3)c1=O)CCC2. The molecule has 9 nitrogen and oxygen atoms in total. The summed E-state index contributed by atoms with van der Waals surface area (Å²) in [6.45, 7) is -0.837. The minimum atomic E-state index is -1.14. The number of nitrogens with one attached hydrogen (secondary N) is 2. The third-order valence-corrected chi connectivity index (χ3v) is 4.39. The highest BCUT2D eigenvalue weighted by Gasteiger charge is 2.23. The largest absolute Gasteiger partial charge is 0.345 e. The van der Waals surface area contributed by atoms with Gasteiger partial charge in [-0.15, -0.1) is 0 Å². The molecule has 29 heavy (non-hydrogen) atoms. The van der Waals surface area contributed by atoms with Gasteiger partial charge in [0, 0.05) is 24.0 Å². The Hall–Kier alpha value is -3.81. The van der Waals surface area contributed by atoms with Crippen LogP contribution in [0.25, 0.3) is 0 Å². The lowest BCUT2D eigenvalue weighted by molar-refractivity contribution is -0.124. The van der Waals surface area contributed by atoms with E-state index in [-0.39, 0.29) is 11.3 Å². The highest BCUT2D eigenvalue weighted by Crippen LogP contribution is 2.13. The molecule has 0 saturated carbocycles. The van der Waals surface area contributed by atoms with E-state index in [9.17, 15) is 33.2 Å². The van der Waals surface area contributed by atoms with Gasteiger partial charge in [-0.3, -0.25) is 19.0 Å². The zero-order valence-corrected chi connectivity index (χ0v) is 15.0. The Morgan fingerprint density at radius 1 is 1.17 bits per heavy atom. The number of carbonyl (C=O) groups excluding carboxylic acids is 2. The van der Waals surface area contributed by atoms with Crippen molar-refractivity contribution >= 4 is 17.5 Å². The molecule has 0 radical (unpaired) electrons. The molecular weight excluding hydrogens is 388 g/mol. The van der Waals surface area contributed by atoms with Crippen LogP contribution in [0.4, 0.5) is 14.5 Å². The predicted molar refractivity (Wildman–Crippen MR) is 96.0 cm³/mol. The maximum atomic E-state index is 13.1. The fraction of sp³-hybridized carbons (Fsp3) is 0.278. The van der Waals surface area contributed by atoms with Crippen LogP contribution in [0.2, 0.25) is 0 Å². The molecule has 2 heterocycles. The molecule has 0 spiro atoms. The van der Waals surface area contributed by atoms with Gasteiger partial charge in [-0.2, -0.15) is 5.26 Å². The zero-order chi connectivity index (χ0) is 21.1. The summed E-state index contributed by atoms with van der Waals surface area (Å²) in [7, 11) is 0. The molecule has 1 aliphatic rings. The van der Waals surface area contributed by atoms with Crippen LogP contribution in [0.1, 0.15) is 17.7 Å². The molecule has 1 aromatic heterocycles. The van der Waals surface area contributed by atoms with E-state index < -0.39 is 47.8 Å². The average molecular weight is 403 g/mol. The van der Waals surface area contributed by atoms with E-state index >= 15 is 0 Å². The van der Waals surface area contributed by atoms with Crippen molar-refractivity contribution in [1.82, 2.24) is 14.5 Å². The quantitative estimate of drug-likeness (QED) is 0.719. The van der Waals surface area contributed by atoms with E-state index in [0.29, 0.717) is 29.6 Å². The predicted octanol–water partition coefficient (Wildman–Crippen LogP) is -0.139. The topological polar surface area (TPSA) is 126 Å². The average Bonchev–Trinajstić information content (AvgIpc) is 3.16. The van der Waals surface area contributed by atoms with Crippen molar-refractivity contribution < 1.29 is 18.4 Å². The lowest BCUT2D eigenvalue weighted by Crippen LogP contribution is -2.46. The molecule has 0 aliphatic carbocycles. The number of carbonyl (C=O) groups is 2. The molecule has 0 atom stereocenters. The second-order valence-electron chi connectivity index (χ2n) is 6.32. The van der Waals surface area contributed by atoms with Crippen LogP contribution in [-0.4, -0.2) is 27.5 Å². The van der Waals surface area contributed by atoms with Gasteiger partial charge >= 0.3 is 5.69 Å². The molecule has 1 aliphatic heterocycles. The summed E-state index contributed by atoms with van der Waals surface area (Å²) < 4.78 is 28.0. The highest BCUT2D eigenvalue weighted by atomic mass is 19.2. The molecule has 2 amide bonds. The Morgan fingerprint density at radius 2 is 1.93 bits per heavy atom. The first-order valence-corrected chi connectivity index (χ1v) is 8.60. The molecule has 3 rings (SSSR count). The number of nitriles is 1. The van der Waals surface area contributed by atoms with Gasteiger partial charge in [-0.25, -0.2) is 18.1 Å². The lowest BCUT2D eigenvalue weighted by Gasteiger charge is -2.11. The Balaban J connectivity index is 1.66. The number of halogens is 2. The van der Waals surface area contributed by atoms with Gasteiger partial charge in [0.2, 0.25) is 11.8 Å². The zero-order valence-electron chi connectivity index (χ0n) is 15.0. The molecule has 1 aromatic carbocycles. The highest BCUT2D eigenvalue weighted by molar-refractivity contribution is 5.94. The number of nitrogens with zero attached hydrogens (tertiary/aromatic N) is 3. The van der Waals surface area contributed by atoms with E-state index in [1.54, 1.807) is 6.07 Å². The van der Waals surface area contributed by atoms with Crippen molar-refractivity contribution in [3.05, 3.63) is 61.9 Å². The lowest BCUT2D eigenvalue weighted by atomic mass is 10.2. The number of hydrogen-bond donors (Lipinski definition) is 2. The van der Waals surface area contributed by atoms with Gasteiger partial charge in [0.25, 0.3) is 5.56 Å². The molecule has 0 fully saturated rings. The van der Waals surface area contributed by atoms with Gasteiger partial charge < -0.3 is 10.6 Å². The van der Waals surface area contributed by atoms with E-state index in [1.165, 1.54) is 4.57 Å². The molecule has 2 aromatic rings. The molecular formula is C18H15F2N5O4. The van der Waals surface area contributed by atoms with Crippen molar-refractivity contribution in [1.29, 1.82) is 5.26 Å².